The number of aromatic nitrogens is 1. The Kier molecular flexibility index (Phi) is 6.55. The highest BCUT2D eigenvalue weighted by atomic mass is 32.2. The zero-order valence-corrected chi connectivity index (χ0v) is 15.6. The van der Waals surface area contributed by atoms with Gasteiger partial charge < -0.3 is 14.2 Å². The molecule has 0 radical (unpaired) electrons. The van der Waals surface area contributed by atoms with Crippen molar-refractivity contribution in [2.75, 3.05) is 31.0 Å². The van der Waals surface area contributed by atoms with Crippen LogP contribution in [0, 0.1) is 0 Å². The summed E-state index contributed by atoms with van der Waals surface area (Å²) in [6, 6.07) is 7.44. The number of benzene rings is 1. The van der Waals surface area contributed by atoms with Crippen molar-refractivity contribution >= 4 is 34.4 Å². The van der Waals surface area contributed by atoms with Gasteiger partial charge in [-0.1, -0.05) is 12.1 Å². The zero-order valence-electron chi connectivity index (χ0n) is 14.7. The van der Waals surface area contributed by atoms with Gasteiger partial charge in [-0.2, -0.15) is 9.29 Å². The molecule has 0 aliphatic rings. The van der Waals surface area contributed by atoms with Crippen LogP contribution in [0.1, 0.15) is 10.4 Å². The molecule has 0 saturated heterocycles. The van der Waals surface area contributed by atoms with Crippen molar-refractivity contribution in [2.45, 2.75) is 0 Å². The lowest BCUT2D eigenvalue weighted by Crippen LogP contribution is -2.35. The number of hydrogen-bond donors (Lipinski definition) is 2. The Morgan fingerprint density at radius 1 is 1.07 bits per heavy atom. The first kappa shape index (κ1) is 20.0. The molecule has 27 heavy (non-hydrogen) atoms. The molecule has 10 nitrogen and oxygen atoms in total. The van der Waals surface area contributed by atoms with Crippen molar-refractivity contribution in [1.82, 2.24) is 4.98 Å². The monoisotopic (exact) mass is 395 g/mol. The number of amides is 2. The fourth-order valence-electron chi connectivity index (χ4n) is 2.14. The largest absolute Gasteiger partial charge is 0.496 e. The van der Waals surface area contributed by atoms with E-state index in [0.717, 1.165) is 7.11 Å². The molecule has 0 aliphatic heterocycles. The van der Waals surface area contributed by atoms with Crippen molar-refractivity contribution in [3.05, 3.63) is 42.0 Å². The number of anilines is 2. The predicted molar refractivity (Wildman–Crippen MR) is 96.9 cm³/mol. The number of thiol groups is 1. The molecule has 2 rings (SSSR count). The van der Waals surface area contributed by atoms with Crippen LogP contribution in [-0.4, -0.2) is 46.7 Å². The minimum absolute atomic E-state index is 0.00593. The maximum absolute atomic E-state index is 12.6. The standard InChI is InChI=1S/C16H17N3O7S/c1-24-10-8-13(17-14(9-10)25-2)18-16(21)19(27(22)23)12-7-5-4-6-11(12)15(20)26-3/h4-9,27H,1-3H3,(H,17,18,21). The highest BCUT2D eigenvalue weighted by molar-refractivity contribution is 7.75. The maximum Gasteiger partial charge on any atom is 0.341 e. The van der Waals surface area contributed by atoms with E-state index in [1.807, 2.05) is 0 Å². The molecule has 1 aromatic carbocycles. The summed E-state index contributed by atoms with van der Waals surface area (Å²) in [6.07, 6.45) is 0. The molecule has 0 saturated carbocycles. The smallest absolute Gasteiger partial charge is 0.341 e. The first-order chi connectivity index (χ1) is 12.9. The van der Waals surface area contributed by atoms with Crippen LogP contribution in [0.15, 0.2) is 36.4 Å². The summed E-state index contributed by atoms with van der Waals surface area (Å²) < 4.78 is 38.6. The van der Waals surface area contributed by atoms with E-state index in [4.69, 9.17) is 9.47 Å². The van der Waals surface area contributed by atoms with Crippen LogP contribution >= 0.6 is 0 Å². The van der Waals surface area contributed by atoms with E-state index in [2.05, 4.69) is 15.0 Å². The lowest BCUT2D eigenvalue weighted by Gasteiger charge is -2.19. The van der Waals surface area contributed by atoms with Gasteiger partial charge in [0.1, 0.15) is 11.6 Å². The Morgan fingerprint density at radius 3 is 2.37 bits per heavy atom. The second-order valence-corrected chi connectivity index (χ2v) is 5.80. The van der Waals surface area contributed by atoms with Gasteiger partial charge in [-0.15, -0.1) is 0 Å². The number of ether oxygens (including phenoxy) is 3. The minimum atomic E-state index is -3.42. The Labute approximate surface area is 156 Å². The molecule has 0 atom stereocenters. The molecular formula is C16H17N3O7S. The highest BCUT2D eigenvalue weighted by Crippen LogP contribution is 2.25. The lowest BCUT2D eigenvalue weighted by molar-refractivity contribution is 0.0602. The molecule has 1 N–H and O–H groups in total. The Hall–Kier alpha value is -3.34. The molecule has 1 heterocycles. The van der Waals surface area contributed by atoms with E-state index in [9.17, 15) is 18.0 Å². The normalized spacial score (nSPS) is 10.2. The molecule has 1 aromatic heterocycles. The van der Waals surface area contributed by atoms with Crippen LogP contribution in [0.25, 0.3) is 0 Å². The summed E-state index contributed by atoms with van der Waals surface area (Å²) in [5.41, 5.74) is -0.252. The Morgan fingerprint density at radius 2 is 1.78 bits per heavy atom. The number of hydrogen-bond acceptors (Lipinski definition) is 8. The van der Waals surface area contributed by atoms with E-state index in [1.54, 1.807) is 0 Å². The fourth-order valence-corrected chi connectivity index (χ4v) is 2.69. The Balaban J connectivity index is 2.42. The average molecular weight is 395 g/mol. The fraction of sp³-hybridized carbons (Fsp3) is 0.188. The van der Waals surface area contributed by atoms with Gasteiger partial charge in [0.05, 0.1) is 32.6 Å². The number of rotatable bonds is 6. The van der Waals surface area contributed by atoms with E-state index in [-0.39, 0.29) is 22.9 Å². The number of nitrogens with zero attached hydrogens (tertiary/aromatic N) is 2. The minimum Gasteiger partial charge on any atom is -0.496 e. The van der Waals surface area contributed by atoms with E-state index >= 15 is 0 Å². The summed E-state index contributed by atoms with van der Waals surface area (Å²) >= 11 is 0. The highest BCUT2D eigenvalue weighted by Gasteiger charge is 2.25. The molecule has 0 fully saturated rings. The van der Waals surface area contributed by atoms with Crippen LogP contribution in [0.5, 0.6) is 11.6 Å². The number of urea groups is 1. The van der Waals surface area contributed by atoms with Gasteiger partial charge in [0.2, 0.25) is 16.8 Å². The van der Waals surface area contributed by atoms with Gasteiger partial charge in [0.15, 0.2) is 0 Å². The van der Waals surface area contributed by atoms with Gasteiger partial charge in [-0.25, -0.2) is 18.0 Å². The SMILES string of the molecule is COC(=O)c1ccccc1N(C(=O)Nc1cc(OC)cc(OC)n1)[SH](=O)=O. The van der Waals surface area contributed by atoms with Crippen LogP contribution < -0.4 is 19.1 Å². The van der Waals surface area contributed by atoms with Crippen molar-refractivity contribution in [3.63, 3.8) is 0 Å². The molecule has 0 bridgehead atoms. The van der Waals surface area contributed by atoms with Crippen molar-refractivity contribution in [3.8, 4) is 11.6 Å². The second kappa shape index (κ2) is 8.85. The van der Waals surface area contributed by atoms with E-state index in [1.165, 1.54) is 50.6 Å². The van der Waals surface area contributed by atoms with Crippen molar-refractivity contribution in [2.24, 2.45) is 0 Å². The number of esters is 1. The zero-order chi connectivity index (χ0) is 20.0. The third-order valence-electron chi connectivity index (χ3n) is 3.35. The van der Waals surface area contributed by atoms with E-state index < -0.39 is 22.9 Å². The summed E-state index contributed by atoms with van der Waals surface area (Å²) in [5.74, 6) is -0.308. The average Bonchev–Trinajstić information content (AvgIpc) is 2.67. The van der Waals surface area contributed by atoms with Gasteiger partial charge >= 0.3 is 12.0 Å². The summed E-state index contributed by atoms with van der Waals surface area (Å²) in [5, 5.41) is 2.34. The number of para-hydroxylation sites is 1. The van der Waals surface area contributed by atoms with Crippen LogP contribution in [0.2, 0.25) is 0 Å². The van der Waals surface area contributed by atoms with Crippen LogP contribution in [0.3, 0.4) is 0 Å². The van der Waals surface area contributed by atoms with Gasteiger partial charge in [-0.3, -0.25) is 5.32 Å². The first-order valence-corrected chi connectivity index (χ1v) is 8.57. The third-order valence-corrected chi connectivity index (χ3v) is 4.07. The van der Waals surface area contributed by atoms with Crippen LogP contribution in [-0.2, 0) is 15.6 Å². The number of pyridine rings is 1. The number of methoxy groups -OCH3 is 3. The molecule has 144 valence electrons. The summed E-state index contributed by atoms with van der Waals surface area (Å²) in [6.45, 7) is 0. The quantitative estimate of drug-likeness (QED) is 0.556. The molecular weight excluding hydrogens is 378 g/mol. The topological polar surface area (TPSA) is 124 Å². The summed E-state index contributed by atoms with van der Waals surface area (Å²) in [7, 11) is 0.511. The van der Waals surface area contributed by atoms with Crippen molar-refractivity contribution < 1.29 is 32.2 Å². The maximum atomic E-state index is 12.6. The molecule has 0 aliphatic carbocycles. The molecule has 11 heteroatoms. The second-order valence-electron chi connectivity index (χ2n) is 4.92. The van der Waals surface area contributed by atoms with Gasteiger partial charge in [-0.05, 0) is 12.1 Å². The van der Waals surface area contributed by atoms with Crippen molar-refractivity contribution in [1.29, 1.82) is 0 Å². The lowest BCUT2D eigenvalue weighted by atomic mass is 10.2. The molecule has 2 amide bonds. The molecule has 0 spiro atoms. The van der Waals surface area contributed by atoms with Gasteiger partial charge in [0, 0.05) is 12.1 Å². The summed E-state index contributed by atoms with van der Waals surface area (Å²) in [4.78, 5) is 28.5. The number of nitrogens with one attached hydrogen (secondary N) is 1. The third kappa shape index (κ3) is 4.64. The predicted octanol–water partition coefficient (Wildman–Crippen LogP) is 1.45. The number of carbonyl (C=O) groups is 2. The van der Waals surface area contributed by atoms with E-state index in [0.29, 0.717) is 10.1 Å². The van der Waals surface area contributed by atoms with Crippen LogP contribution in [0.4, 0.5) is 16.3 Å². The number of carbonyl (C=O) groups excluding carboxylic acids is 2. The first-order valence-electron chi connectivity index (χ1n) is 7.44. The Bertz CT molecular complexity index is 900. The molecule has 0 unspecified atom stereocenters. The molecule has 2 aromatic rings. The van der Waals surface area contributed by atoms with Gasteiger partial charge in [0.25, 0.3) is 0 Å².